The lowest BCUT2D eigenvalue weighted by Crippen LogP contribution is -2.35. The molecule has 1 aliphatic rings. The van der Waals surface area contributed by atoms with E-state index in [4.69, 9.17) is 5.73 Å². The van der Waals surface area contributed by atoms with Gasteiger partial charge in [-0.3, -0.25) is 4.79 Å². The van der Waals surface area contributed by atoms with Crippen molar-refractivity contribution >= 4 is 5.91 Å². The van der Waals surface area contributed by atoms with Gasteiger partial charge >= 0.3 is 0 Å². The molecule has 0 aromatic carbocycles. The number of hydrogen-bond donors (Lipinski definition) is 2. The Morgan fingerprint density at radius 1 is 1.47 bits per heavy atom. The molecule has 0 radical (unpaired) electrons. The molecule has 0 spiro atoms. The van der Waals surface area contributed by atoms with Crippen LogP contribution in [-0.4, -0.2) is 18.0 Å². The van der Waals surface area contributed by atoms with E-state index < -0.39 is 0 Å². The summed E-state index contributed by atoms with van der Waals surface area (Å²) in [7, 11) is 0. The van der Waals surface area contributed by atoms with Gasteiger partial charge in [-0.2, -0.15) is 0 Å². The minimum absolute atomic E-state index is 0.0154. The van der Waals surface area contributed by atoms with Gasteiger partial charge in [-0.25, -0.2) is 0 Å². The molecule has 1 saturated carbocycles. The Morgan fingerprint density at radius 3 is 2.65 bits per heavy atom. The van der Waals surface area contributed by atoms with Crippen molar-refractivity contribution in [2.75, 3.05) is 0 Å². The maximum Gasteiger partial charge on any atom is 0.221 e. The van der Waals surface area contributed by atoms with Gasteiger partial charge in [-0.15, -0.1) is 0 Å². The molecule has 1 aliphatic carbocycles. The van der Waals surface area contributed by atoms with E-state index in [-0.39, 0.29) is 17.4 Å². The number of nitrogens with one attached hydrogen (secondary N) is 1. The van der Waals surface area contributed by atoms with Crippen molar-refractivity contribution in [1.29, 1.82) is 0 Å². The molecule has 0 aromatic rings. The molecule has 3 heteroatoms. The van der Waals surface area contributed by atoms with Crippen molar-refractivity contribution in [2.45, 2.75) is 71.9 Å². The van der Waals surface area contributed by atoms with E-state index in [1.54, 1.807) is 0 Å². The third-order valence-corrected chi connectivity index (χ3v) is 3.25. The zero-order valence-corrected chi connectivity index (χ0v) is 11.8. The normalized spacial score (nSPS) is 25.5. The highest BCUT2D eigenvalue weighted by atomic mass is 16.1. The average Bonchev–Trinajstić information content (AvgIpc) is 2.79. The number of carbonyl (C=O) groups is 1. The molecule has 0 heterocycles. The largest absolute Gasteiger partial charge is 0.353 e. The maximum absolute atomic E-state index is 11.7. The van der Waals surface area contributed by atoms with Crippen LogP contribution in [0.4, 0.5) is 0 Å². The minimum Gasteiger partial charge on any atom is -0.353 e. The molecular weight excluding hydrogens is 212 g/mol. The Bertz CT molecular complexity index is 257. The molecule has 3 unspecified atom stereocenters. The van der Waals surface area contributed by atoms with Crippen LogP contribution in [-0.2, 0) is 4.79 Å². The highest BCUT2D eigenvalue weighted by Gasteiger charge is 2.37. The molecular formula is C14H28N2O. The molecule has 3 atom stereocenters. The van der Waals surface area contributed by atoms with Gasteiger partial charge in [0.05, 0.1) is 0 Å². The number of rotatable bonds is 6. The van der Waals surface area contributed by atoms with E-state index in [0.29, 0.717) is 12.5 Å². The average molecular weight is 240 g/mol. The number of amides is 1. The first-order valence-electron chi connectivity index (χ1n) is 6.86. The summed E-state index contributed by atoms with van der Waals surface area (Å²) in [6, 6.07) is 0.419. The zero-order valence-electron chi connectivity index (χ0n) is 11.8. The van der Waals surface area contributed by atoms with Crippen LogP contribution in [0.2, 0.25) is 0 Å². The van der Waals surface area contributed by atoms with Gasteiger partial charge in [-0.05, 0) is 30.6 Å². The summed E-state index contributed by atoms with van der Waals surface area (Å²) < 4.78 is 0. The smallest absolute Gasteiger partial charge is 0.221 e. The van der Waals surface area contributed by atoms with Crippen molar-refractivity contribution in [3.63, 3.8) is 0 Å². The van der Waals surface area contributed by atoms with Crippen molar-refractivity contribution in [3.05, 3.63) is 0 Å². The third kappa shape index (κ3) is 6.06. The predicted molar refractivity (Wildman–Crippen MR) is 71.6 cm³/mol. The molecule has 1 amide bonds. The maximum atomic E-state index is 11.7. The molecule has 3 N–H and O–H groups in total. The van der Waals surface area contributed by atoms with Gasteiger partial charge in [0.1, 0.15) is 0 Å². The van der Waals surface area contributed by atoms with Crippen molar-refractivity contribution in [2.24, 2.45) is 17.1 Å². The molecule has 0 bridgehead atoms. The van der Waals surface area contributed by atoms with Crippen LogP contribution < -0.4 is 11.1 Å². The Kier molecular flexibility index (Phi) is 4.99. The van der Waals surface area contributed by atoms with Crippen LogP contribution in [0.25, 0.3) is 0 Å². The second kappa shape index (κ2) is 5.85. The van der Waals surface area contributed by atoms with Gasteiger partial charge < -0.3 is 11.1 Å². The van der Waals surface area contributed by atoms with Crippen molar-refractivity contribution in [3.8, 4) is 0 Å². The summed E-state index contributed by atoms with van der Waals surface area (Å²) in [6.45, 7) is 8.66. The van der Waals surface area contributed by atoms with Gasteiger partial charge in [0.25, 0.3) is 0 Å². The van der Waals surface area contributed by atoms with Gasteiger partial charge in [0, 0.05) is 18.5 Å². The Morgan fingerprint density at radius 2 is 2.12 bits per heavy atom. The predicted octanol–water partition coefficient (Wildman–Crippen LogP) is 2.44. The topological polar surface area (TPSA) is 55.1 Å². The van der Waals surface area contributed by atoms with E-state index in [0.717, 1.165) is 18.8 Å². The summed E-state index contributed by atoms with van der Waals surface area (Å²) in [5, 5.41) is 3.09. The molecule has 3 nitrogen and oxygen atoms in total. The monoisotopic (exact) mass is 240 g/mol. The molecule has 0 aliphatic heterocycles. The van der Waals surface area contributed by atoms with Crippen LogP contribution in [0.5, 0.6) is 0 Å². The number of hydrogen-bond acceptors (Lipinski definition) is 2. The number of carbonyl (C=O) groups excluding carboxylic acids is 1. The second-order valence-corrected chi connectivity index (χ2v) is 6.69. The fourth-order valence-corrected chi connectivity index (χ4v) is 2.48. The van der Waals surface area contributed by atoms with Crippen molar-refractivity contribution in [1.82, 2.24) is 5.32 Å². The lowest BCUT2D eigenvalue weighted by Gasteiger charge is -2.22. The standard InChI is InChI=1S/C14H28N2O/c1-5-6-10-7-12(10)16-13(17)8-11(15)9-14(2,3)4/h10-12H,5-9,15H2,1-4H3,(H,16,17). The van der Waals surface area contributed by atoms with E-state index in [2.05, 4.69) is 33.0 Å². The highest BCUT2D eigenvalue weighted by molar-refractivity contribution is 5.77. The van der Waals surface area contributed by atoms with E-state index in [9.17, 15) is 4.79 Å². The first-order valence-corrected chi connectivity index (χ1v) is 6.86. The fourth-order valence-electron chi connectivity index (χ4n) is 2.48. The van der Waals surface area contributed by atoms with Crippen LogP contribution in [0, 0.1) is 11.3 Å². The van der Waals surface area contributed by atoms with Crippen LogP contribution in [0.15, 0.2) is 0 Å². The lowest BCUT2D eigenvalue weighted by molar-refractivity contribution is -0.121. The molecule has 17 heavy (non-hydrogen) atoms. The summed E-state index contributed by atoms with van der Waals surface area (Å²) in [5.41, 5.74) is 6.19. The number of nitrogens with two attached hydrogens (primary N) is 1. The van der Waals surface area contributed by atoms with E-state index in [1.807, 2.05) is 0 Å². The minimum atomic E-state index is -0.0154. The first-order chi connectivity index (χ1) is 7.81. The Hall–Kier alpha value is -0.570. The van der Waals surface area contributed by atoms with E-state index >= 15 is 0 Å². The van der Waals surface area contributed by atoms with Crippen molar-refractivity contribution < 1.29 is 4.79 Å². The molecule has 0 aromatic heterocycles. The van der Waals surface area contributed by atoms with Gasteiger partial charge in [0.15, 0.2) is 0 Å². The van der Waals surface area contributed by atoms with Crippen LogP contribution in [0.1, 0.15) is 59.8 Å². The molecule has 1 fully saturated rings. The Balaban J connectivity index is 2.17. The van der Waals surface area contributed by atoms with Crippen LogP contribution >= 0.6 is 0 Å². The quantitative estimate of drug-likeness (QED) is 0.749. The Labute approximate surface area is 106 Å². The summed E-state index contributed by atoms with van der Waals surface area (Å²) in [6.07, 6.45) is 4.96. The highest BCUT2D eigenvalue weighted by Crippen LogP contribution is 2.34. The van der Waals surface area contributed by atoms with E-state index in [1.165, 1.54) is 12.8 Å². The SMILES string of the molecule is CCCC1CC1NC(=O)CC(N)CC(C)(C)C. The summed E-state index contributed by atoms with van der Waals surface area (Å²) in [5.74, 6) is 0.855. The second-order valence-electron chi connectivity index (χ2n) is 6.69. The lowest BCUT2D eigenvalue weighted by atomic mass is 9.87. The molecule has 0 saturated heterocycles. The van der Waals surface area contributed by atoms with Crippen LogP contribution in [0.3, 0.4) is 0 Å². The summed E-state index contributed by atoms with van der Waals surface area (Å²) in [4.78, 5) is 11.7. The molecule has 100 valence electrons. The van der Waals surface area contributed by atoms with Gasteiger partial charge in [-0.1, -0.05) is 34.1 Å². The van der Waals surface area contributed by atoms with Gasteiger partial charge in [0.2, 0.25) is 5.91 Å². The zero-order chi connectivity index (χ0) is 13.1. The third-order valence-electron chi connectivity index (χ3n) is 3.25. The fraction of sp³-hybridized carbons (Fsp3) is 0.929. The summed E-state index contributed by atoms with van der Waals surface area (Å²) >= 11 is 0. The molecule has 1 rings (SSSR count). The first kappa shape index (κ1) is 14.5.